The van der Waals surface area contributed by atoms with Gasteiger partial charge in [0.1, 0.15) is 5.75 Å². The summed E-state index contributed by atoms with van der Waals surface area (Å²) >= 11 is 0. The zero-order chi connectivity index (χ0) is 18.5. The fourth-order valence-corrected chi connectivity index (χ4v) is 3.34. The summed E-state index contributed by atoms with van der Waals surface area (Å²) in [6.45, 7) is 0. The molecule has 0 unspecified atom stereocenters. The second-order valence-corrected chi connectivity index (χ2v) is 7.21. The average Bonchev–Trinajstić information content (AvgIpc) is 2.59. The third-order valence-corrected chi connectivity index (χ3v) is 5.01. The highest BCUT2D eigenvalue weighted by Crippen LogP contribution is 2.33. The smallest absolute Gasteiger partial charge is 0.376 e. The zero-order valence-electron chi connectivity index (χ0n) is 13.0. The number of halogens is 3. The Morgan fingerprint density at radius 3 is 2.38 bits per heavy atom. The molecule has 0 saturated carbocycles. The molecular formula is C18H10F3NO3S. The van der Waals surface area contributed by atoms with E-state index in [1.165, 1.54) is 18.2 Å². The molecule has 0 bridgehead atoms. The maximum atomic E-state index is 12.5. The van der Waals surface area contributed by atoms with Crippen molar-refractivity contribution in [3.8, 4) is 5.75 Å². The molecule has 132 valence electrons. The van der Waals surface area contributed by atoms with Gasteiger partial charge in [-0.05, 0) is 22.9 Å². The Morgan fingerprint density at radius 1 is 0.885 bits per heavy atom. The van der Waals surface area contributed by atoms with Gasteiger partial charge in [0.05, 0.1) is 5.52 Å². The Bertz CT molecular complexity index is 1270. The van der Waals surface area contributed by atoms with Gasteiger partial charge in [-0.3, -0.25) is 4.98 Å². The molecule has 26 heavy (non-hydrogen) atoms. The Kier molecular flexibility index (Phi) is 3.55. The van der Waals surface area contributed by atoms with Gasteiger partial charge in [0.2, 0.25) is 0 Å². The van der Waals surface area contributed by atoms with Gasteiger partial charge in [-0.2, -0.15) is 21.6 Å². The van der Waals surface area contributed by atoms with Gasteiger partial charge < -0.3 is 4.18 Å². The summed E-state index contributed by atoms with van der Waals surface area (Å²) in [5.74, 6) is -0.443. The normalized spacial score (nSPS) is 12.7. The molecule has 0 radical (unpaired) electrons. The minimum absolute atomic E-state index is 0.337. The Hall–Kier alpha value is -2.87. The minimum Gasteiger partial charge on any atom is -0.376 e. The molecule has 1 aromatic heterocycles. The van der Waals surface area contributed by atoms with Crippen molar-refractivity contribution in [3.05, 3.63) is 60.8 Å². The van der Waals surface area contributed by atoms with E-state index in [1.807, 2.05) is 36.4 Å². The van der Waals surface area contributed by atoms with Crippen molar-refractivity contribution in [2.45, 2.75) is 5.51 Å². The summed E-state index contributed by atoms with van der Waals surface area (Å²) < 4.78 is 64.0. The second-order valence-electron chi connectivity index (χ2n) is 5.67. The van der Waals surface area contributed by atoms with E-state index in [-0.39, 0.29) is 0 Å². The van der Waals surface area contributed by atoms with Crippen LogP contribution in [0.15, 0.2) is 60.8 Å². The molecule has 8 heteroatoms. The third kappa shape index (κ3) is 2.62. The SMILES string of the molecule is O=S(=O)(Oc1ccc2c(c1)ncc1ccc3ccccc3c12)C(F)(F)F. The first kappa shape index (κ1) is 16.6. The van der Waals surface area contributed by atoms with Crippen LogP contribution in [0.3, 0.4) is 0 Å². The van der Waals surface area contributed by atoms with E-state index in [0.29, 0.717) is 10.9 Å². The maximum Gasteiger partial charge on any atom is 0.534 e. The van der Waals surface area contributed by atoms with E-state index in [0.717, 1.165) is 21.5 Å². The van der Waals surface area contributed by atoms with E-state index < -0.39 is 21.4 Å². The van der Waals surface area contributed by atoms with E-state index in [9.17, 15) is 21.6 Å². The van der Waals surface area contributed by atoms with Crippen LogP contribution in [0, 0.1) is 0 Å². The van der Waals surface area contributed by atoms with Crippen molar-refractivity contribution in [1.82, 2.24) is 4.98 Å². The molecule has 4 nitrogen and oxygen atoms in total. The number of aromatic nitrogens is 1. The van der Waals surface area contributed by atoms with Gasteiger partial charge in [-0.1, -0.05) is 36.4 Å². The Labute approximate surface area is 146 Å². The van der Waals surface area contributed by atoms with E-state index in [4.69, 9.17) is 0 Å². The Morgan fingerprint density at radius 2 is 1.62 bits per heavy atom. The fourth-order valence-electron chi connectivity index (χ4n) is 2.89. The molecule has 0 aliphatic rings. The lowest BCUT2D eigenvalue weighted by atomic mass is 9.99. The standard InChI is InChI=1S/C18H10F3NO3S/c19-18(20,21)26(23,24)25-13-7-8-15-16(9-13)22-10-12-6-5-11-3-1-2-4-14(11)17(12)15/h1-10H. The quantitative estimate of drug-likeness (QED) is 0.287. The van der Waals surface area contributed by atoms with Crippen molar-refractivity contribution in [1.29, 1.82) is 0 Å². The monoisotopic (exact) mass is 377 g/mol. The number of nitrogens with zero attached hydrogens (tertiary/aromatic N) is 1. The number of pyridine rings is 1. The van der Waals surface area contributed by atoms with Crippen LogP contribution in [0.1, 0.15) is 0 Å². The second kappa shape index (κ2) is 5.57. The lowest BCUT2D eigenvalue weighted by Crippen LogP contribution is -2.28. The van der Waals surface area contributed by atoms with Crippen LogP contribution in [0.25, 0.3) is 32.4 Å². The summed E-state index contributed by atoms with van der Waals surface area (Å²) in [6.07, 6.45) is 1.59. The number of rotatable bonds is 2. The first-order valence-corrected chi connectivity index (χ1v) is 8.88. The van der Waals surface area contributed by atoms with Crippen LogP contribution in [0.4, 0.5) is 13.2 Å². The van der Waals surface area contributed by atoms with Gasteiger partial charge in [0.25, 0.3) is 0 Å². The average molecular weight is 377 g/mol. The predicted octanol–water partition coefficient (Wildman–Crippen LogP) is 4.77. The first-order valence-electron chi connectivity index (χ1n) is 7.47. The highest BCUT2D eigenvalue weighted by atomic mass is 32.2. The molecule has 1 heterocycles. The summed E-state index contributed by atoms with van der Waals surface area (Å²) in [5.41, 5.74) is -5.15. The molecule has 0 aliphatic carbocycles. The van der Waals surface area contributed by atoms with Gasteiger partial charge in [0, 0.05) is 28.4 Å². The molecule has 0 fully saturated rings. The highest BCUT2D eigenvalue weighted by molar-refractivity contribution is 7.88. The van der Waals surface area contributed by atoms with Gasteiger partial charge >= 0.3 is 15.6 Å². The van der Waals surface area contributed by atoms with Gasteiger partial charge in [0.15, 0.2) is 0 Å². The molecular weight excluding hydrogens is 367 g/mol. The lowest BCUT2D eigenvalue weighted by molar-refractivity contribution is -0.0500. The topological polar surface area (TPSA) is 56.3 Å². The van der Waals surface area contributed by atoms with Crippen LogP contribution in [-0.4, -0.2) is 18.9 Å². The fraction of sp³-hybridized carbons (Fsp3) is 0.0556. The molecule has 0 saturated heterocycles. The van der Waals surface area contributed by atoms with Crippen molar-refractivity contribution in [3.63, 3.8) is 0 Å². The molecule has 0 aliphatic heterocycles. The van der Waals surface area contributed by atoms with Gasteiger partial charge in [-0.15, -0.1) is 0 Å². The molecule has 4 rings (SSSR count). The van der Waals surface area contributed by atoms with Crippen molar-refractivity contribution < 1.29 is 25.8 Å². The summed E-state index contributed by atoms with van der Waals surface area (Å²) in [7, 11) is -5.72. The van der Waals surface area contributed by atoms with Crippen molar-refractivity contribution >= 4 is 42.6 Å². The number of benzene rings is 3. The van der Waals surface area contributed by atoms with Crippen LogP contribution in [0.5, 0.6) is 5.75 Å². The largest absolute Gasteiger partial charge is 0.534 e. The molecule has 0 amide bonds. The van der Waals surface area contributed by atoms with Crippen LogP contribution in [0.2, 0.25) is 0 Å². The van der Waals surface area contributed by atoms with Crippen LogP contribution in [-0.2, 0) is 10.1 Å². The number of hydrogen-bond donors (Lipinski definition) is 0. The summed E-state index contributed by atoms with van der Waals surface area (Å²) in [4.78, 5) is 4.21. The number of fused-ring (bicyclic) bond motifs is 5. The molecule has 4 aromatic rings. The van der Waals surface area contributed by atoms with E-state index in [1.54, 1.807) is 6.20 Å². The molecule has 0 N–H and O–H groups in total. The van der Waals surface area contributed by atoms with Crippen LogP contribution < -0.4 is 4.18 Å². The first-order chi connectivity index (χ1) is 12.3. The number of alkyl halides is 3. The zero-order valence-corrected chi connectivity index (χ0v) is 13.8. The van der Waals surface area contributed by atoms with Gasteiger partial charge in [-0.25, -0.2) is 0 Å². The summed E-state index contributed by atoms with van der Waals surface area (Å²) in [5, 5.41) is 4.42. The van der Waals surface area contributed by atoms with Crippen molar-refractivity contribution in [2.24, 2.45) is 0 Å². The highest BCUT2D eigenvalue weighted by Gasteiger charge is 2.48. The molecule has 0 atom stereocenters. The summed E-state index contributed by atoms with van der Waals surface area (Å²) in [6, 6.07) is 15.4. The maximum absolute atomic E-state index is 12.5. The molecule has 0 spiro atoms. The lowest BCUT2D eigenvalue weighted by Gasteiger charge is -2.11. The van der Waals surface area contributed by atoms with Crippen LogP contribution >= 0.6 is 0 Å². The number of hydrogen-bond acceptors (Lipinski definition) is 4. The third-order valence-electron chi connectivity index (χ3n) is 4.03. The van der Waals surface area contributed by atoms with Crippen molar-refractivity contribution in [2.75, 3.05) is 0 Å². The molecule has 3 aromatic carbocycles. The van der Waals surface area contributed by atoms with E-state index >= 15 is 0 Å². The van der Waals surface area contributed by atoms with E-state index in [2.05, 4.69) is 9.17 Å². The predicted molar refractivity (Wildman–Crippen MR) is 92.4 cm³/mol. The Balaban J connectivity index is 1.93. The minimum atomic E-state index is -5.72.